The lowest BCUT2D eigenvalue weighted by Crippen LogP contribution is -2.11. The van der Waals surface area contributed by atoms with Crippen molar-refractivity contribution in [1.82, 2.24) is 98.0 Å². The molecule has 109 heavy (non-hydrogen) atoms. The minimum Gasteiger partial charge on any atom is -0.368 e. The molecule has 16 aromatic rings. The van der Waals surface area contributed by atoms with Crippen molar-refractivity contribution < 1.29 is 13.2 Å². The molecule has 2 fully saturated rings. The van der Waals surface area contributed by atoms with E-state index in [1.807, 2.05) is 144 Å². The summed E-state index contributed by atoms with van der Waals surface area (Å²) in [7, 11) is 0. The van der Waals surface area contributed by atoms with E-state index in [9.17, 15) is 13.2 Å². The Kier molecular flexibility index (Phi) is 20.8. The summed E-state index contributed by atoms with van der Waals surface area (Å²) in [6, 6.07) is 51.9. The number of nitrogens with one attached hydrogen (secondary N) is 4. The van der Waals surface area contributed by atoms with E-state index in [1.54, 1.807) is 27.3 Å². The number of fused-ring (bicyclic) bond motifs is 4. The Labute approximate surface area is 651 Å². The van der Waals surface area contributed by atoms with Crippen molar-refractivity contribution in [2.45, 2.75) is 64.2 Å². The predicted octanol–water partition coefficient (Wildman–Crippen LogP) is 16.5. The van der Waals surface area contributed by atoms with Crippen LogP contribution in [0.3, 0.4) is 0 Å². The van der Waals surface area contributed by atoms with E-state index in [1.165, 1.54) is 36.4 Å². The quantitative estimate of drug-likeness (QED) is 0.0445. The molecule has 12 N–H and O–H groups in total. The summed E-state index contributed by atoms with van der Waals surface area (Å²) in [5.74, 6) is 6.12. The highest BCUT2D eigenvalue weighted by Crippen LogP contribution is 2.43. The highest BCUT2D eigenvalue weighted by Gasteiger charge is 2.33. The normalized spacial score (nSPS) is 12.4. The number of hydrogen-bond acceptors (Lipinski definition) is 24. The van der Waals surface area contributed by atoms with Crippen molar-refractivity contribution in [2.24, 2.45) is 0 Å². The van der Waals surface area contributed by atoms with Gasteiger partial charge in [-0.05, 0) is 171 Å². The Balaban J connectivity index is 0.000000116. The number of para-hydroxylation sites is 2. The van der Waals surface area contributed by atoms with Gasteiger partial charge in [-0.1, -0.05) is 89.7 Å². The first kappa shape index (κ1) is 72.4. The van der Waals surface area contributed by atoms with Crippen LogP contribution >= 0.6 is 63.7 Å². The van der Waals surface area contributed by atoms with Gasteiger partial charge in [-0.25, -0.2) is 33.1 Å². The van der Waals surface area contributed by atoms with Gasteiger partial charge in [0.15, 0.2) is 0 Å². The maximum Gasteiger partial charge on any atom is 0.242 e. The first-order valence-corrected chi connectivity index (χ1v) is 37.1. The molecular formula is C74H61Br4F3N28. The summed E-state index contributed by atoms with van der Waals surface area (Å²) in [6.45, 7) is 3.92. The van der Waals surface area contributed by atoms with E-state index in [0.717, 1.165) is 94.5 Å². The molecule has 0 saturated heterocycles. The molecule has 0 amide bonds. The number of imidazole rings is 4. The third-order valence-corrected chi connectivity index (χ3v) is 19.0. The summed E-state index contributed by atoms with van der Waals surface area (Å²) in [5, 5.41) is 12.5. The number of aromatic nitrogens is 20. The number of nitrogen functional groups attached to an aromatic ring is 4. The van der Waals surface area contributed by atoms with E-state index in [2.05, 4.69) is 160 Å². The van der Waals surface area contributed by atoms with E-state index in [4.69, 9.17) is 27.9 Å². The molecule has 0 atom stereocenters. The number of nitrogens with zero attached hydrogens (tertiary/aromatic N) is 20. The third-order valence-electron chi connectivity index (χ3n) is 16.9. The van der Waals surface area contributed by atoms with Crippen LogP contribution in [0.5, 0.6) is 0 Å². The molecule has 0 spiro atoms. The maximum atomic E-state index is 13.8. The van der Waals surface area contributed by atoms with Gasteiger partial charge in [-0.3, -0.25) is 18.3 Å². The van der Waals surface area contributed by atoms with Crippen LogP contribution < -0.4 is 44.2 Å². The van der Waals surface area contributed by atoms with Gasteiger partial charge in [0.25, 0.3) is 0 Å². The Morgan fingerprint density at radius 2 is 0.624 bits per heavy atom. The van der Waals surface area contributed by atoms with E-state index in [0.29, 0.717) is 106 Å². The second kappa shape index (κ2) is 31.3. The summed E-state index contributed by atoms with van der Waals surface area (Å²) < 4.78 is 52.2. The third kappa shape index (κ3) is 16.8. The highest BCUT2D eigenvalue weighted by molar-refractivity contribution is 9.11. The second-order valence-electron chi connectivity index (χ2n) is 24.8. The Morgan fingerprint density at radius 1 is 0.321 bits per heavy atom. The smallest absolute Gasteiger partial charge is 0.242 e. The zero-order chi connectivity index (χ0) is 75.6. The largest absolute Gasteiger partial charge is 0.368 e. The van der Waals surface area contributed by atoms with Crippen molar-refractivity contribution in [3.63, 3.8) is 0 Å². The van der Waals surface area contributed by atoms with Crippen molar-refractivity contribution in [1.29, 1.82) is 0 Å². The van der Waals surface area contributed by atoms with Crippen LogP contribution in [0.2, 0.25) is 0 Å². The Bertz CT molecular complexity index is 6030. The molecule has 35 heteroatoms. The maximum absolute atomic E-state index is 13.8. The summed E-state index contributed by atoms with van der Waals surface area (Å²) >= 11 is 13.6. The molecule has 546 valence electrons. The number of hydrogen-bond donors (Lipinski definition) is 8. The minimum atomic E-state index is -0.360. The average Bonchev–Trinajstić information content (AvgIpc) is 1.60. The van der Waals surface area contributed by atoms with E-state index < -0.39 is 0 Å². The molecule has 8 heterocycles. The molecule has 8 aromatic carbocycles. The number of aryl methyl sites for hydroxylation is 2. The van der Waals surface area contributed by atoms with Gasteiger partial charge >= 0.3 is 0 Å². The molecular weight excluding hydrogens is 1660 g/mol. The van der Waals surface area contributed by atoms with Gasteiger partial charge in [-0.2, -0.15) is 59.8 Å². The average molecular weight is 1720 g/mol. The fourth-order valence-corrected chi connectivity index (χ4v) is 12.7. The van der Waals surface area contributed by atoms with Crippen molar-refractivity contribution >= 4 is 178 Å². The summed E-state index contributed by atoms with van der Waals surface area (Å²) in [4.78, 5) is 70.4. The minimum absolute atomic E-state index is 0.0555. The van der Waals surface area contributed by atoms with Crippen molar-refractivity contribution in [3.8, 4) is 23.8 Å². The molecule has 18 rings (SSSR count). The van der Waals surface area contributed by atoms with Crippen LogP contribution in [0.1, 0.15) is 74.7 Å². The zero-order valence-corrected chi connectivity index (χ0v) is 63.9. The molecule has 0 bridgehead atoms. The molecule has 2 aliphatic rings. The fourth-order valence-electron chi connectivity index (χ4n) is 11.7. The van der Waals surface area contributed by atoms with Crippen molar-refractivity contribution in [3.05, 3.63) is 235 Å². The SMILES string of the molecule is CCc1nc2cc(F)ccc2n1-c1nc(N)nc(Nc2ccc(Br)cc2)n1.CCc1nc2ccc(F)cc2n1-c1nc(N)nc(Nc2ccc(Br)cc2)n1.Nc1nc(Nc2ccc(Br)cc2)nc(-n2c(C3CC3)nc3cc(F)ccc32)n1.Nc1nc(Nc2ccc(Br)cc2)nc(-n2c(C3CC3)nc3ccccc32)n1. The summed E-state index contributed by atoms with van der Waals surface area (Å²) in [6.07, 6.45) is 5.59. The lowest BCUT2D eigenvalue weighted by atomic mass is 10.3. The number of anilines is 12. The number of halogens is 7. The van der Waals surface area contributed by atoms with Crippen LogP contribution in [0, 0.1) is 17.5 Å². The lowest BCUT2D eigenvalue weighted by molar-refractivity contribution is 0.628. The van der Waals surface area contributed by atoms with Gasteiger partial charge in [0, 0.05) is 83.5 Å². The van der Waals surface area contributed by atoms with E-state index >= 15 is 0 Å². The molecule has 2 aliphatic carbocycles. The van der Waals surface area contributed by atoms with Gasteiger partial charge < -0.3 is 44.2 Å². The van der Waals surface area contributed by atoms with Gasteiger partial charge in [0.05, 0.1) is 44.1 Å². The van der Waals surface area contributed by atoms with Crippen LogP contribution in [-0.4, -0.2) is 98.0 Å². The number of rotatable bonds is 16. The van der Waals surface area contributed by atoms with Crippen LogP contribution in [-0.2, 0) is 12.8 Å². The predicted molar refractivity (Wildman–Crippen MR) is 428 cm³/mol. The van der Waals surface area contributed by atoms with Gasteiger partial charge in [0.1, 0.15) is 40.7 Å². The first-order chi connectivity index (χ1) is 52.8. The molecule has 0 aliphatic heterocycles. The molecule has 0 unspecified atom stereocenters. The van der Waals surface area contributed by atoms with Crippen LogP contribution in [0.25, 0.3) is 67.9 Å². The first-order valence-electron chi connectivity index (χ1n) is 34.0. The van der Waals surface area contributed by atoms with Gasteiger partial charge in [0.2, 0.25) is 71.4 Å². The monoisotopic (exact) mass is 1710 g/mol. The molecule has 0 radical (unpaired) electrons. The highest BCUT2D eigenvalue weighted by atomic mass is 79.9. The fraction of sp³-hybridized carbons (Fsp3) is 0.135. The Morgan fingerprint density at radius 3 is 1.01 bits per heavy atom. The molecule has 28 nitrogen and oxygen atoms in total. The topological polar surface area (TPSA) is 378 Å². The van der Waals surface area contributed by atoms with Crippen LogP contribution in [0.4, 0.5) is 83.5 Å². The Hall–Kier alpha value is -12.2. The number of benzene rings is 8. The second-order valence-corrected chi connectivity index (χ2v) is 28.4. The lowest BCUT2D eigenvalue weighted by Gasteiger charge is -2.10. The molecule has 2 saturated carbocycles. The van der Waals surface area contributed by atoms with Crippen molar-refractivity contribution in [2.75, 3.05) is 44.2 Å². The van der Waals surface area contributed by atoms with Gasteiger partial charge in [-0.15, -0.1) is 0 Å². The zero-order valence-electron chi connectivity index (χ0n) is 57.5. The van der Waals surface area contributed by atoms with Crippen LogP contribution in [0.15, 0.2) is 194 Å². The summed E-state index contributed by atoms with van der Waals surface area (Å²) in [5.41, 5.74) is 32.7. The number of nitrogens with two attached hydrogens (primary N) is 4. The standard InChI is InChI=1S/C19H15BrFN7.C19H16BrN7.2C18H15BrFN7/c20-11-3-6-13(7-4-11)23-18-25-17(22)26-19(27-18)28-15-8-5-12(21)9-14(15)24-16(28)10-1-2-10;20-12-7-9-13(10-8-12)22-18-24-17(21)25-19(26-18)27-15-4-2-1-3-14(15)23-16(27)11-5-6-11;1-2-15-23-13-9-11(20)5-8-14(13)27(15)18-25-16(21)24-17(26-18)22-12-6-3-10(19)4-7-12;1-2-15-23-13-8-5-11(20)9-14(13)27(15)18-25-16(21)24-17(26-18)22-12-6-3-10(19)4-7-12/h3-10H,1-2H2,(H3,22,23,25,26,27);1-4,7-11H,5-6H2,(H3,21,22,24,25,26);2*3-9H,2H2,1H3,(H3,21,22,24,25,26). The molecule has 8 aromatic heterocycles. The van der Waals surface area contributed by atoms with E-state index in [-0.39, 0.29) is 47.2 Å².